The normalized spacial score (nSPS) is 10.6. The maximum Gasteiger partial charge on any atom is 0.241 e. The lowest BCUT2D eigenvalue weighted by Crippen LogP contribution is -2.36. The molecule has 1 aromatic heterocycles. The molecule has 1 heterocycles. The van der Waals surface area contributed by atoms with Crippen LogP contribution in [-0.2, 0) is 16.1 Å². The van der Waals surface area contributed by atoms with E-state index in [-0.39, 0.29) is 24.8 Å². The molecule has 0 atom stereocenters. The molecule has 1 aromatic carbocycles. The van der Waals surface area contributed by atoms with Gasteiger partial charge in [-0.25, -0.2) is 0 Å². The van der Waals surface area contributed by atoms with Gasteiger partial charge in [0.05, 0.1) is 24.8 Å². The van der Waals surface area contributed by atoms with Crippen molar-refractivity contribution in [3.8, 4) is 0 Å². The maximum absolute atomic E-state index is 11.7. The van der Waals surface area contributed by atoms with Crippen molar-refractivity contribution >= 4 is 34.3 Å². The van der Waals surface area contributed by atoms with Gasteiger partial charge in [-0.2, -0.15) is 5.10 Å². The monoisotopic (exact) mass is 308 g/mol. The number of carbonyl (C=O) groups excluding carboxylic acids is 2. The third kappa shape index (κ3) is 3.95. The van der Waals surface area contributed by atoms with Gasteiger partial charge in [-0.15, -0.1) is 0 Å². The number of aryl methyl sites for hydroxylation is 1. The second-order valence-corrected chi connectivity index (χ2v) is 5.32. The average molecular weight is 309 g/mol. The van der Waals surface area contributed by atoms with Gasteiger partial charge in [-0.05, 0) is 18.2 Å². The highest BCUT2D eigenvalue weighted by Crippen LogP contribution is 2.18. The lowest BCUT2D eigenvalue weighted by molar-refractivity contribution is -0.130. The van der Waals surface area contributed by atoms with Crippen molar-refractivity contribution < 1.29 is 9.59 Å². The van der Waals surface area contributed by atoms with E-state index in [1.165, 1.54) is 4.90 Å². The molecule has 2 rings (SSSR count). The smallest absolute Gasteiger partial charge is 0.241 e. The topological polar surface area (TPSA) is 67.2 Å². The van der Waals surface area contributed by atoms with Gasteiger partial charge in [-0.1, -0.05) is 11.6 Å². The fraction of sp³-hybridized carbons (Fsp3) is 0.357. The minimum absolute atomic E-state index is 0.0152. The molecule has 0 unspecified atom stereocenters. The van der Waals surface area contributed by atoms with Gasteiger partial charge >= 0.3 is 0 Å². The van der Waals surface area contributed by atoms with Gasteiger partial charge in [-0.3, -0.25) is 14.3 Å². The summed E-state index contributed by atoms with van der Waals surface area (Å²) in [6, 6.07) is 5.49. The summed E-state index contributed by atoms with van der Waals surface area (Å²) in [4.78, 5) is 24.5. The van der Waals surface area contributed by atoms with Gasteiger partial charge in [0.1, 0.15) is 0 Å². The molecule has 0 aliphatic carbocycles. The lowest BCUT2D eigenvalue weighted by atomic mass is 10.2. The molecule has 21 heavy (non-hydrogen) atoms. The van der Waals surface area contributed by atoms with Gasteiger partial charge in [0, 0.05) is 30.9 Å². The third-order valence-electron chi connectivity index (χ3n) is 3.09. The van der Waals surface area contributed by atoms with Crippen LogP contribution in [0.5, 0.6) is 0 Å². The molecule has 0 aliphatic heterocycles. The number of benzene rings is 1. The Morgan fingerprint density at radius 2 is 2.14 bits per heavy atom. The van der Waals surface area contributed by atoms with Crippen LogP contribution in [0.1, 0.15) is 6.42 Å². The summed E-state index contributed by atoms with van der Waals surface area (Å²) in [5.41, 5.74) is 0.927. The standard InChI is InChI=1S/C14H17ClN4O2/c1-18(2)14(21)9-16-13(20)5-6-19-12-4-3-11(15)7-10(12)8-17-19/h3-4,7-8H,5-6,9H2,1-2H3,(H,16,20). The van der Waals surface area contributed by atoms with Gasteiger partial charge in [0.15, 0.2) is 0 Å². The molecule has 0 aliphatic rings. The van der Waals surface area contributed by atoms with E-state index in [1.54, 1.807) is 31.0 Å². The molecule has 7 heteroatoms. The summed E-state index contributed by atoms with van der Waals surface area (Å²) in [5, 5.41) is 8.42. The number of amides is 2. The number of hydrogen-bond acceptors (Lipinski definition) is 3. The molecule has 1 N–H and O–H groups in total. The van der Waals surface area contributed by atoms with Crippen LogP contribution in [-0.4, -0.2) is 47.1 Å². The zero-order valence-corrected chi connectivity index (χ0v) is 12.7. The lowest BCUT2D eigenvalue weighted by Gasteiger charge is -2.11. The van der Waals surface area contributed by atoms with E-state index in [9.17, 15) is 9.59 Å². The van der Waals surface area contributed by atoms with Crippen LogP contribution >= 0.6 is 11.6 Å². The quantitative estimate of drug-likeness (QED) is 0.905. The Bertz CT molecular complexity index is 666. The summed E-state index contributed by atoms with van der Waals surface area (Å²) in [6.45, 7) is 0.467. The number of hydrogen-bond donors (Lipinski definition) is 1. The first kappa shape index (κ1) is 15.3. The molecule has 6 nitrogen and oxygen atoms in total. The van der Waals surface area contributed by atoms with E-state index >= 15 is 0 Å². The number of carbonyl (C=O) groups is 2. The molecular weight excluding hydrogens is 292 g/mol. The Kier molecular flexibility index (Phi) is 4.80. The van der Waals surface area contributed by atoms with E-state index in [4.69, 9.17) is 11.6 Å². The first-order valence-electron chi connectivity index (χ1n) is 6.55. The summed E-state index contributed by atoms with van der Waals surface area (Å²) >= 11 is 5.91. The second kappa shape index (κ2) is 6.58. The van der Waals surface area contributed by atoms with Crippen molar-refractivity contribution in [3.63, 3.8) is 0 Å². The number of aromatic nitrogens is 2. The minimum Gasteiger partial charge on any atom is -0.347 e. The Hall–Kier alpha value is -2.08. The van der Waals surface area contributed by atoms with Crippen LogP contribution in [0.15, 0.2) is 24.4 Å². The molecule has 0 radical (unpaired) electrons. The van der Waals surface area contributed by atoms with Crippen LogP contribution in [0, 0.1) is 0 Å². The van der Waals surface area contributed by atoms with E-state index in [1.807, 2.05) is 12.1 Å². The van der Waals surface area contributed by atoms with Crippen LogP contribution < -0.4 is 5.32 Å². The third-order valence-corrected chi connectivity index (χ3v) is 3.33. The van der Waals surface area contributed by atoms with Crippen molar-refractivity contribution in [1.82, 2.24) is 20.0 Å². The predicted octanol–water partition coefficient (Wildman–Crippen LogP) is 1.28. The fourth-order valence-corrected chi connectivity index (χ4v) is 2.04. The van der Waals surface area contributed by atoms with E-state index in [2.05, 4.69) is 10.4 Å². The Balaban J connectivity index is 1.90. The molecule has 2 amide bonds. The Labute approximate surface area is 127 Å². The van der Waals surface area contributed by atoms with Gasteiger partial charge < -0.3 is 10.2 Å². The first-order valence-corrected chi connectivity index (χ1v) is 6.93. The van der Waals surface area contributed by atoms with Crippen molar-refractivity contribution in [1.29, 1.82) is 0 Å². The Morgan fingerprint density at radius 3 is 2.86 bits per heavy atom. The highest BCUT2D eigenvalue weighted by Gasteiger charge is 2.09. The van der Waals surface area contributed by atoms with E-state index < -0.39 is 0 Å². The number of likely N-dealkylation sites (N-methyl/N-ethyl adjacent to an activating group) is 1. The molecule has 112 valence electrons. The predicted molar refractivity (Wildman–Crippen MR) is 81.1 cm³/mol. The molecule has 0 spiro atoms. The zero-order chi connectivity index (χ0) is 15.4. The summed E-state index contributed by atoms with van der Waals surface area (Å²) < 4.78 is 1.75. The number of nitrogens with zero attached hydrogens (tertiary/aromatic N) is 3. The van der Waals surface area contributed by atoms with Crippen LogP contribution in [0.3, 0.4) is 0 Å². The Morgan fingerprint density at radius 1 is 1.38 bits per heavy atom. The molecule has 0 saturated heterocycles. The van der Waals surface area contributed by atoms with Gasteiger partial charge in [0.25, 0.3) is 0 Å². The average Bonchev–Trinajstić information content (AvgIpc) is 2.84. The van der Waals surface area contributed by atoms with Crippen molar-refractivity contribution in [2.75, 3.05) is 20.6 Å². The number of nitrogens with one attached hydrogen (secondary N) is 1. The largest absolute Gasteiger partial charge is 0.347 e. The SMILES string of the molecule is CN(C)C(=O)CNC(=O)CCn1ncc2cc(Cl)ccc21. The molecule has 0 saturated carbocycles. The van der Waals surface area contributed by atoms with E-state index in [0.29, 0.717) is 11.6 Å². The summed E-state index contributed by atoms with van der Waals surface area (Å²) in [7, 11) is 3.30. The number of fused-ring (bicyclic) bond motifs is 1. The van der Waals surface area contributed by atoms with Crippen LogP contribution in [0.2, 0.25) is 5.02 Å². The second-order valence-electron chi connectivity index (χ2n) is 4.89. The van der Waals surface area contributed by atoms with Crippen LogP contribution in [0.25, 0.3) is 10.9 Å². The van der Waals surface area contributed by atoms with Crippen molar-refractivity contribution in [2.45, 2.75) is 13.0 Å². The molecule has 2 aromatic rings. The highest BCUT2D eigenvalue weighted by molar-refractivity contribution is 6.31. The van der Waals surface area contributed by atoms with Crippen LogP contribution in [0.4, 0.5) is 0 Å². The molecule has 0 bridgehead atoms. The maximum atomic E-state index is 11.7. The van der Waals surface area contributed by atoms with E-state index in [0.717, 1.165) is 10.9 Å². The highest BCUT2D eigenvalue weighted by atomic mass is 35.5. The van der Waals surface area contributed by atoms with Crippen molar-refractivity contribution in [2.24, 2.45) is 0 Å². The fourth-order valence-electron chi connectivity index (χ4n) is 1.86. The number of halogens is 1. The summed E-state index contributed by atoms with van der Waals surface area (Å²) in [5.74, 6) is -0.314. The first-order chi connectivity index (χ1) is 9.97. The zero-order valence-electron chi connectivity index (χ0n) is 12.0. The van der Waals surface area contributed by atoms with Crippen molar-refractivity contribution in [3.05, 3.63) is 29.4 Å². The molecule has 0 fully saturated rings. The van der Waals surface area contributed by atoms with Gasteiger partial charge in [0.2, 0.25) is 11.8 Å². The molecular formula is C14H17ClN4O2. The number of rotatable bonds is 5. The summed E-state index contributed by atoms with van der Waals surface area (Å²) in [6.07, 6.45) is 1.98. The minimum atomic E-state index is -0.178.